The van der Waals surface area contributed by atoms with E-state index >= 15 is 0 Å². The van der Waals surface area contributed by atoms with Crippen molar-refractivity contribution in [1.82, 2.24) is 9.55 Å². The van der Waals surface area contributed by atoms with Crippen molar-refractivity contribution < 1.29 is 4.74 Å². The Morgan fingerprint density at radius 2 is 2.00 bits per heavy atom. The second-order valence-corrected chi connectivity index (χ2v) is 5.83. The number of methoxy groups -OCH3 is 1. The molecular weight excluding hydrogens is 250 g/mol. The number of aromatic nitrogens is 2. The quantitative estimate of drug-likeness (QED) is 0.840. The van der Waals surface area contributed by atoms with Gasteiger partial charge in [-0.25, -0.2) is 4.98 Å². The van der Waals surface area contributed by atoms with Gasteiger partial charge in [-0.05, 0) is 23.1 Å². The second-order valence-electron chi connectivity index (χ2n) is 5.83. The molecule has 0 fully saturated rings. The molecule has 0 aliphatic rings. The molecule has 0 radical (unpaired) electrons. The van der Waals surface area contributed by atoms with Gasteiger partial charge in [-0.1, -0.05) is 26.8 Å². The highest BCUT2D eigenvalue weighted by Gasteiger charge is 2.20. The molecule has 0 amide bonds. The van der Waals surface area contributed by atoms with Crippen LogP contribution in [-0.2, 0) is 12.5 Å². The maximum Gasteiger partial charge on any atom is 0.166 e. The largest absolute Gasteiger partial charge is 0.496 e. The van der Waals surface area contributed by atoms with Gasteiger partial charge in [0.25, 0.3) is 0 Å². The number of rotatable bonds is 2. The van der Waals surface area contributed by atoms with Crippen LogP contribution in [0, 0.1) is 11.3 Å². The van der Waals surface area contributed by atoms with E-state index in [2.05, 4.69) is 44.0 Å². The molecule has 0 aliphatic carbocycles. The number of aryl methyl sites for hydroxylation is 1. The van der Waals surface area contributed by atoms with E-state index in [0.717, 1.165) is 17.0 Å². The SMILES string of the molecule is COc1ccc(C(C)(C)C)cc1-c1c(C#N)ncn1C. The van der Waals surface area contributed by atoms with E-state index in [-0.39, 0.29) is 5.41 Å². The molecule has 0 aliphatic heterocycles. The van der Waals surface area contributed by atoms with Gasteiger partial charge in [0.2, 0.25) is 0 Å². The summed E-state index contributed by atoms with van der Waals surface area (Å²) in [6.45, 7) is 6.48. The van der Waals surface area contributed by atoms with Crippen LogP contribution >= 0.6 is 0 Å². The van der Waals surface area contributed by atoms with Crippen LogP contribution < -0.4 is 4.74 Å². The van der Waals surface area contributed by atoms with Crippen molar-refractivity contribution in [3.05, 3.63) is 35.8 Å². The molecule has 4 nitrogen and oxygen atoms in total. The minimum absolute atomic E-state index is 0.0341. The van der Waals surface area contributed by atoms with Crippen LogP contribution in [0.3, 0.4) is 0 Å². The standard InChI is InChI=1S/C16H19N3O/c1-16(2,3)11-6-7-14(20-5)12(8-11)15-13(9-17)18-10-19(15)4/h6-8,10H,1-5H3. The zero-order valence-electron chi connectivity index (χ0n) is 12.6. The summed E-state index contributed by atoms with van der Waals surface area (Å²) in [5, 5.41) is 9.22. The summed E-state index contributed by atoms with van der Waals surface area (Å²) in [5.41, 5.74) is 3.33. The lowest BCUT2D eigenvalue weighted by atomic mass is 9.85. The number of hydrogen-bond donors (Lipinski definition) is 0. The topological polar surface area (TPSA) is 50.8 Å². The van der Waals surface area contributed by atoms with Crippen molar-refractivity contribution in [3.63, 3.8) is 0 Å². The monoisotopic (exact) mass is 269 g/mol. The van der Waals surface area contributed by atoms with E-state index < -0.39 is 0 Å². The molecule has 0 saturated heterocycles. The van der Waals surface area contributed by atoms with E-state index in [1.54, 1.807) is 13.4 Å². The first-order chi connectivity index (χ1) is 9.38. The predicted molar refractivity (Wildman–Crippen MR) is 78.6 cm³/mol. The highest BCUT2D eigenvalue weighted by Crippen LogP contribution is 2.35. The fourth-order valence-corrected chi connectivity index (χ4v) is 2.19. The zero-order chi connectivity index (χ0) is 14.9. The number of imidazole rings is 1. The number of nitriles is 1. The molecule has 0 N–H and O–H groups in total. The fraction of sp³-hybridized carbons (Fsp3) is 0.375. The van der Waals surface area contributed by atoms with Crippen LogP contribution in [0.5, 0.6) is 5.75 Å². The Hall–Kier alpha value is -2.28. The fourth-order valence-electron chi connectivity index (χ4n) is 2.19. The number of nitrogens with zero attached hydrogens (tertiary/aromatic N) is 3. The maximum atomic E-state index is 9.22. The molecule has 104 valence electrons. The highest BCUT2D eigenvalue weighted by molar-refractivity contribution is 5.72. The van der Waals surface area contributed by atoms with E-state index in [1.807, 2.05) is 17.7 Å². The van der Waals surface area contributed by atoms with Crippen LogP contribution in [0.25, 0.3) is 11.3 Å². The van der Waals surface area contributed by atoms with Gasteiger partial charge in [0.15, 0.2) is 5.69 Å². The summed E-state index contributed by atoms with van der Waals surface area (Å²) in [7, 11) is 3.52. The lowest BCUT2D eigenvalue weighted by molar-refractivity contribution is 0.415. The van der Waals surface area contributed by atoms with Gasteiger partial charge >= 0.3 is 0 Å². The molecular formula is C16H19N3O. The molecule has 1 heterocycles. The van der Waals surface area contributed by atoms with Crippen molar-refractivity contribution in [1.29, 1.82) is 5.26 Å². The lowest BCUT2D eigenvalue weighted by Crippen LogP contribution is -2.11. The van der Waals surface area contributed by atoms with E-state index in [0.29, 0.717) is 5.69 Å². The summed E-state index contributed by atoms with van der Waals surface area (Å²) in [6, 6.07) is 8.23. The van der Waals surface area contributed by atoms with Crippen molar-refractivity contribution in [2.75, 3.05) is 7.11 Å². The average molecular weight is 269 g/mol. The first-order valence-electron chi connectivity index (χ1n) is 6.48. The van der Waals surface area contributed by atoms with Gasteiger partial charge in [-0.3, -0.25) is 0 Å². The van der Waals surface area contributed by atoms with Gasteiger partial charge < -0.3 is 9.30 Å². The Morgan fingerprint density at radius 3 is 2.55 bits per heavy atom. The second kappa shape index (κ2) is 5.01. The highest BCUT2D eigenvalue weighted by atomic mass is 16.5. The third-order valence-corrected chi connectivity index (χ3v) is 3.36. The minimum Gasteiger partial charge on any atom is -0.496 e. The van der Waals surface area contributed by atoms with Gasteiger partial charge in [-0.2, -0.15) is 5.26 Å². The van der Waals surface area contributed by atoms with Crippen LogP contribution in [0.1, 0.15) is 32.0 Å². The molecule has 0 atom stereocenters. The summed E-state index contributed by atoms with van der Waals surface area (Å²) >= 11 is 0. The Morgan fingerprint density at radius 1 is 1.30 bits per heavy atom. The Kier molecular flexibility index (Phi) is 3.54. The Balaban J connectivity index is 2.72. The number of ether oxygens (including phenoxy) is 1. The van der Waals surface area contributed by atoms with Gasteiger partial charge in [0, 0.05) is 12.6 Å². The number of benzene rings is 1. The molecule has 0 spiro atoms. The summed E-state index contributed by atoms with van der Waals surface area (Å²) in [5.74, 6) is 0.748. The first kappa shape index (κ1) is 14.1. The molecule has 1 aromatic heterocycles. The summed E-state index contributed by atoms with van der Waals surface area (Å²) < 4.78 is 7.29. The van der Waals surface area contributed by atoms with E-state index in [9.17, 15) is 5.26 Å². The third-order valence-electron chi connectivity index (χ3n) is 3.36. The summed E-state index contributed by atoms with van der Waals surface area (Å²) in [4.78, 5) is 4.12. The molecule has 20 heavy (non-hydrogen) atoms. The van der Waals surface area contributed by atoms with Crippen LogP contribution in [0.2, 0.25) is 0 Å². The van der Waals surface area contributed by atoms with Gasteiger partial charge in [0.05, 0.1) is 19.1 Å². The molecule has 1 aromatic carbocycles. The molecule has 2 aromatic rings. The van der Waals surface area contributed by atoms with Crippen molar-refractivity contribution in [2.45, 2.75) is 26.2 Å². The molecule has 0 saturated carbocycles. The minimum atomic E-state index is 0.0341. The van der Waals surface area contributed by atoms with Crippen LogP contribution in [0.15, 0.2) is 24.5 Å². The molecule has 4 heteroatoms. The summed E-state index contributed by atoms with van der Waals surface area (Å²) in [6.07, 6.45) is 1.65. The van der Waals surface area contributed by atoms with E-state index in [1.165, 1.54) is 5.56 Å². The van der Waals surface area contributed by atoms with Crippen molar-refractivity contribution >= 4 is 0 Å². The molecule has 2 rings (SSSR count). The Labute approximate surface area is 119 Å². The predicted octanol–water partition coefficient (Wildman–Crippen LogP) is 3.26. The van der Waals surface area contributed by atoms with Crippen LogP contribution in [-0.4, -0.2) is 16.7 Å². The van der Waals surface area contributed by atoms with Crippen molar-refractivity contribution in [3.8, 4) is 23.1 Å². The normalized spacial score (nSPS) is 11.2. The lowest BCUT2D eigenvalue weighted by Gasteiger charge is -2.21. The zero-order valence-corrected chi connectivity index (χ0v) is 12.6. The third kappa shape index (κ3) is 2.39. The number of hydrogen-bond acceptors (Lipinski definition) is 3. The van der Waals surface area contributed by atoms with Crippen LogP contribution in [0.4, 0.5) is 0 Å². The average Bonchev–Trinajstić information content (AvgIpc) is 2.77. The Bertz CT molecular complexity index is 672. The van der Waals surface area contributed by atoms with E-state index in [4.69, 9.17) is 4.74 Å². The molecule has 0 bridgehead atoms. The first-order valence-corrected chi connectivity index (χ1v) is 6.48. The van der Waals surface area contributed by atoms with Gasteiger partial charge in [-0.15, -0.1) is 0 Å². The maximum absolute atomic E-state index is 9.22. The smallest absolute Gasteiger partial charge is 0.166 e. The van der Waals surface area contributed by atoms with Crippen molar-refractivity contribution in [2.24, 2.45) is 7.05 Å². The molecule has 0 unspecified atom stereocenters. The van der Waals surface area contributed by atoms with Gasteiger partial charge in [0.1, 0.15) is 11.8 Å².